The first-order valence-corrected chi connectivity index (χ1v) is 5.93. The summed E-state index contributed by atoms with van der Waals surface area (Å²) in [4.78, 5) is 24.9. The van der Waals surface area contributed by atoms with E-state index >= 15 is 0 Å². The molecule has 1 unspecified atom stereocenters. The van der Waals surface area contributed by atoms with Gasteiger partial charge in [-0.2, -0.15) is 4.31 Å². The van der Waals surface area contributed by atoms with Crippen molar-refractivity contribution in [1.82, 2.24) is 0 Å². The molecule has 0 bridgehead atoms. The van der Waals surface area contributed by atoms with Crippen LogP contribution in [0.5, 0.6) is 0 Å². The molecule has 0 aromatic carbocycles. The molecule has 13 heavy (non-hydrogen) atoms. The van der Waals surface area contributed by atoms with Crippen LogP contribution in [0.15, 0.2) is 0 Å². The van der Waals surface area contributed by atoms with Gasteiger partial charge < -0.3 is 14.7 Å². The third-order valence-electron chi connectivity index (χ3n) is 0.554. The van der Waals surface area contributed by atoms with Gasteiger partial charge in [-0.3, -0.25) is 4.52 Å². The van der Waals surface area contributed by atoms with Crippen LogP contribution in [0.3, 0.4) is 0 Å². The second-order valence-corrected chi connectivity index (χ2v) is 4.98. The zero-order valence-corrected chi connectivity index (χ0v) is 8.24. The first-order chi connectivity index (χ1) is 5.12. The molecule has 0 aliphatic heterocycles. The van der Waals surface area contributed by atoms with Crippen LogP contribution < -0.4 is 0 Å². The smallest absolute Gasteiger partial charge is 0.302 e. The zero-order valence-electron chi connectivity index (χ0n) is 6.45. The van der Waals surface area contributed by atoms with Crippen LogP contribution >= 0.6 is 15.6 Å². The number of phosphoric acid groups is 2. The molecule has 0 heterocycles. The number of hydrogen-bond acceptors (Lipinski definition) is 4. The maximum atomic E-state index is 10.7. The van der Waals surface area contributed by atoms with Gasteiger partial charge in [0.1, 0.15) is 0 Å². The fourth-order valence-electron chi connectivity index (χ4n) is 0.420. The maximum absolute atomic E-state index is 10.7. The highest BCUT2D eigenvalue weighted by atomic mass is 31.3. The van der Waals surface area contributed by atoms with Crippen LogP contribution in [0.4, 0.5) is 0 Å². The predicted octanol–water partition coefficient (Wildman–Crippen LogP) is 1.26. The number of rotatable bonds is 4. The fourth-order valence-corrected chi connectivity index (χ4v) is 2.18. The summed E-state index contributed by atoms with van der Waals surface area (Å²) in [6.07, 6.45) is -0.660. The molecular weight excluding hydrogens is 222 g/mol. The van der Waals surface area contributed by atoms with Crippen LogP contribution in [0.1, 0.15) is 21.3 Å². The van der Waals surface area contributed by atoms with Gasteiger partial charge in [-0.15, -0.1) is 0 Å². The maximum Gasteiger partial charge on any atom is 0.481 e. The Hall–Kier alpha value is 0.260. The van der Waals surface area contributed by atoms with Crippen LogP contribution in [0.2, 0.25) is 0 Å². The van der Waals surface area contributed by atoms with E-state index in [0.29, 0.717) is 0 Å². The summed E-state index contributed by atoms with van der Waals surface area (Å²) in [5.74, 6) is 0. The third kappa shape index (κ3) is 10.2. The monoisotopic (exact) mass is 236 g/mol. The van der Waals surface area contributed by atoms with E-state index in [1.54, 1.807) is 0 Å². The lowest BCUT2D eigenvalue weighted by molar-refractivity contribution is 0.146. The molecule has 0 radical (unpaired) electrons. The van der Waals surface area contributed by atoms with Crippen LogP contribution in [-0.2, 0) is 18.0 Å². The van der Waals surface area contributed by atoms with Crippen LogP contribution in [0, 0.1) is 0 Å². The van der Waals surface area contributed by atoms with Crippen molar-refractivity contribution >= 4 is 15.6 Å². The second-order valence-electron chi connectivity index (χ2n) is 2.19. The molecule has 9 heteroatoms. The summed E-state index contributed by atoms with van der Waals surface area (Å²) in [6.45, 7) is 2.85. The van der Waals surface area contributed by atoms with E-state index in [-0.39, 0.29) is 7.43 Å². The van der Waals surface area contributed by atoms with Crippen molar-refractivity contribution in [3.63, 3.8) is 0 Å². The third-order valence-corrected chi connectivity index (χ3v) is 2.92. The summed E-state index contributed by atoms with van der Waals surface area (Å²) in [7, 11) is -9.61. The molecule has 0 aromatic rings. The number of hydrogen-bond donors (Lipinski definition) is 3. The Morgan fingerprint density at radius 1 is 1.15 bits per heavy atom. The zero-order chi connectivity index (χ0) is 9.99. The van der Waals surface area contributed by atoms with E-state index in [4.69, 9.17) is 14.7 Å². The van der Waals surface area contributed by atoms with Gasteiger partial charge in [0.25, 0.3) is 0 Å². The first-order valence-electron chi connectivity index (χ1n) is 2.90. The first kappa shape index (κ1) is 15.7. The molecule has 3 N–H and O–H groups in total. The average Bonchev–Trinajstić information content (AvgIpc) is 1.48. The van der Waals surface area contributed by atoms with Crippen molar-refractivity contribution in [2.24, 2.45) is 0 Å². The van der Waals surface area contributed by atoms with Gasteiger partial charge in [0.2, 0.25) is 0 Å². The van der Waals surface area contributed by atoms with Gasteiger partial charge in [-0.1, -0.05) is 7.43 Å². The van der Waals surface area contributed by atoms with E-state index in [1.807, 2.05) is 0 Å². The molecule has 0 aromatic heterocycles. The average molecular weight is 236 g/mol. The molecule has 0 aliphatic rings. The summed E-state index contributed by atoms with van der Waals surface area (Å²) in [5.41, 5.74) is 0. The fraction of sp³-hybridized carbons (Fsp3) is 1.00. The van der Waals surface area contributed by atoms with Crippen molar-refractivity contribution in [3.8, 4) is 0 Å². The Bertz CT molecular complexity index is 231. The molecule has 0 fully saturated rings. The van der Waals surface area contributed by atoms with Crippen LogP contribution in [-0.4, -0.2) is 20.8 Å². The minimum Gasteiger partial charge on any atom is -0.302 e. The molecule has 0 rings (SSSR count). The van der Waals surface area contributed by atoms with Crippen molar-refractivity contribution in [3.05, 3.63) is 0 Å². The molecule has 0 amide bonds. The summed E-state index contributed by atoms with van der Waals surface area (Å²) in [6, 6.07) is 0. The highest BCUT2D eigenvalue weighted by Gasteiger charge is 2.32. The Balaban J connectivity index is 0. The predicted molar refractivity (Wildman–Crippen MR) is 45.9 cm³/mol. The second kappa shape index (κ2) is 5.22. The highest BCUT2D eigenvalue weighted by Crippen LogP contribution is 2.57. The Labute approximate surface area is 76.5 Å². The quantitative estimate of drug-likeness (QED) is 0.629. The van der Waals surface area contributed by atoms with Crippen LogP contribution in [0.25, 0.3) is 0 Å². The SMILES string of the molecule is C.CC(C)OP(=O)(O)OP(=O)(O)O. The lowest BCUT2D eigenvalue weighted by atomic mass is 10.5. The molecule has 0 aliphatic carbocycles. The van der Waals surface area contributed by atoms with E-state index in [2.05, 4.69) is 8.83 Å². The topological polar surface area (TPSA) is 113 Å². The molecular formula is C4H14O7P2. The normalized spacial score (nSPS) is 16.5. The highest BCUT2D eigenvalue weighted by molar-refractivity contribution is 7.60. The summed E-state index contributed by atoms with van der Waals surface area (Å²) >= 11 is 0. The van der Waals surface area contributed by atoms with Gasteiger partial charge in [-0.25, -0.2) is 9.13 Å². The lowest BCUT2D eigenvalue weighted by Crippen LogP contribution is -2.01. The number of phosphoric ester groups is 1. The van der Waals surface area contributed by atoms with Gasteiger partial charge in [0, 0.05) is 0 Å². The van der Waals surface area contributed by atoms with Gasteiger partial charge in [0.05, 0.1) is 6.10 Å². The van der Waals surface area contributed by atoms with E-state index in [9.17, 15) is 9.13 Å². The van der Waals surface area contributed by atoms with Crippen molar-refractivity contribution in [1.29, 1.82) is 0 Å². The van der Waals surface area contributed by atoms with E-state index in [1.165, 1.54) is 13.8 Å². The van der Waals surface area contributed by atoms with Crippen molar-refractivity contribution in [2.75, 3.05) is 0 Å². The molecule has 7 nitrogen and oxygen atoms in total. The molecule has 0 saturated heterocycles. The largest absolute Gasteiger partial charge is 0.481 e. The Morgan fingerprint density at radius 3 is 1.77 bits per heavy atom. The molecule has 1 atom stereocenters. The van der Waals surface area contributed by atoms with Crippen molar-refractivity contribution < 1.29 is 32.6 Å². The standard InChI is InChI=1S/C3H10O7P2.CH4/c1-3(2)9-12(7,8)10-11(4,5)6;/h3H,1-2H3,(H,7,8)(H2,4,5,6);1H4. The molecule has 82 valence electrons. The Kier molecular flexibility index (Phi) is 6.31. The van der Waals surface area contributed by atoms with E-state index in [0.717, 1.165) is 0 Å². The van der Waals surface area contributed by atoms with Crippen molar-refractivity contribution in [2.45, 2.75) is 27.4 Å². The molecule has 0 saturated carbocycles. The van der Waals surface area contributed by atoms with E-state index < -0.39 is 21.7 Å². The summed E-state index contributed by atoms with van der Waals surface area (Å²) < 4.78 is 28.4. The van der Waals surface area contributed by atoms with Gasteiger partial charge >= 0.3 is 15.6 Å². The summed E-state index contributed by atoms with van der Waals surface area (Å²) in [5, 5.41) is 0. The van der Waals surface area contributed by atoms with Gasteiger partial charge in [0.15, 0.2) is 0 Å². The minimum atomic E-state index is -4.98. The lowest BCUT2D eigenvalue weighted by Gasteiger charge is -2.14. The Morgan fingerprint density at radius 2 is 1.54 bits per heavy atom. The minimum absolute atomic E-state index is 0. The molecule has 0 spiro atoms. The van der Waals surface area contributed by atoms with Gasteiger partial charge in [-0.05, 0) is 13.8 Å².